The average molecular weight is 291 g/mol. The van der Waals surface area contributed by atoms with E-state index in [4.69, 9.17) is 5.73 Å². The van der Waals surface area contributed by atoms with Crippen molar-refractivity contribution in [3.8, 4) is 0 Å². The van der Waals surface area contributed by atoms with Crippen LogP contribution >= 0.6 is 0 Å². The van der Waals surface area contributed by atoms with Gasteiger partial charge >= 0.3 is 0 Å². The summed E-state index contributed by atoms with van der Waals surface area (Å²) in [7, 11) is 0. The maximum absolute atomic E-state index is 12.0. The van der Waals surface area contributed by atoms with Gasteiger partial charge in [0.1, 0.15) is 6.04 Å². The summed E-state index contributed by atoms with van der Waals surface area (Å²) in [6, 6.07) is 5.32. The summed E-state index contributed by atoms with van der Waals surface area (Å²) in [5.41, 5.74) is 8.45. The van der Waals surface area contributed by atoms with Gasteiger partial charge in [0.2, 0.25) is 11.8 Å². The maximum atomic E-state index is 12.0. The second-order valence-corrected chi connectivity index (χ2v) is 5.45. The van der Waals surface area contributed by atoms with E-state index >= 15 is 0 Å². The largest absolute Gasteiger partial charge is 0.376 e. The minimum Gasteiger partial charge on any atom is -0.376 e. The zero-order valence-corrected chi connectivity index (χ0v) is 13.2. The number of aryl methyl sites for hydroxylation is 2. The first-order valence-electron chi connectivity index (χ1n) is 7.25. The van der Waals surface area contributed by atoms with Crippen LogP contribution in [0.4, 0.5) is 5.69 Å². The summed E-state index contributed by atoms with van der Waals surface area (Å²) in [5, 5.41) is 5.82. The molecule has 2 amide bonds. The van der Waals surface area contributed by atoms with Crippen LogP contribution < -0.4 is 16.4 Å². The lowest BCUT2D eigenvalue weighted by Gasteiger charge is -2.21. The predicted octanol–water partition coefficient (Wildman–Crippen LogP) is 1.73. The lowest BCUT2D eigenvalue weighted by atomic mass is 9.98. The Kier molecular flexibility index (Phi) is 6.21. The van der Waals surface area contributed by atoms with Crippen LogP contribution in [0.25, 0.3) is 0 Å². The molecule has 1 aromatic carbocycles. The summed E-state index contributed by atoms with van der Waals surface area (Å²) in [4.78, 5) is 23.4. The molecule has 0 aromatic heterocycles. The van der Waals surface area contributed by atoms with E-state index in [0.717, 1.165) is 23.2 Å². The van der Waals surface area contributed by atoms with E-state index < -0.39 is 11.9 Å². The molecule has 0 aliphatic carbocycles. The number of carbonyl (C=O) groups excluding carboxylic acids is 2. The first-order valence-corrected chi connectivity index (χ1v) is 7.25. The number of primary amides is 1. The van der Waals surface area contributed by atoms with Crippen LogP contribution in [0.2, 0.25) is 0 Å². The molecule has 2 unspecified atom stereocenters. The molecule has 0 aliphatic rings. The lowest BCUT2D eigenvalue weighted by Crippen LogP contribution is -2.49. The molecular formula is C16H25N3O2. The quantitative estimate of drug-likeness (QED) is 0.715. The van der Waals surface area contributed by atoms with Crippen LogP contribution in [0.15, 0.2) is 18.2 Å². The number of hydrogen-bond acceptors (Lipinski definition) is 3. The minimum atomic E-state index is -0.623. The van der Waals surface area contributed by atoms with E-state index in [2.05, 4.69) is 10.6 Å². The topological polar surface area (TPSA) is 84.2 Å². The van der Waals surface area contributed by atoms with Crippen molar-refractivity contribution >= 4 is 17.5 Å². The van der Waals surface area contributed by atoms with Gasteiger partial charge in [0.05, 0.1) is 6.54 Å². The fraction of sp³-hybridized carbons (Fsp3) is 0.500. The van der Waals surface area contributed by atoms with Gasteiger partial charge in [-0.25, -0.2) is 0 Å². The second-order valence-electron chi connectivity index (χ2n) is 5.45. The van der Waals surface area contributed by atoms with Crippen LogP contribution in [0.3, 0.4) is 0 Å². The van der Waals surface area contributed by atoms with E-state index in [1.807, 2.05) is 45.9 Å². The van der Waals surface area contributed by atoms with Gasteiger partial charge in [0.25, 0.3) is 0 Å². The smallest absolute Gasteiger partial charge is 0.240 e. The SMILES string of the molecule is CCC(C)C(NC(=O)CNc1c(C)cccc1C)C(N)=O. The van der Waals surface area contributed by atoms with Crippen molar-refractivity contribution < 1.29 is 9.59 Å². The van der Waals surface area contributed by atoms with Crippen molar-refractivity contribution in [2.75, 3.05) is 11.9 Å². The molecule has 0 saturated carbocycles. The van der Waals surface area contributed by atoms with Crippen molar-refractivity contribution in [2.45, 2.75) is 40.2 Å². The van der Waals surface area contributed by atoms with E-state index in [-0.39, 0.29) is 18.4 Å². The highest BCUT2D eigenvalue weighted by Crippen LogP contribution is 2.18. The van der Waals surface area contributed by atoms with Crippen LogP contribution in [-0.4, -0.2) is 24.4 Å². The molecule has 5 heteroatoms. The molecule has 0 radical (unpaired) electrons. The third kappa shape index (κ3) is 4.77. The summed E-state index contributed by atoms with van der Waals surface area (Å²) < 4.78 is 0. The van der Waals surface area contributed by atoms with E-state index in [1.54, 1.807) is 0 Å². The molecule has 4 N–H and O–H groups in total. The van der Waals surface area contributed by atoms with Crippen LogP contribution in [0.1, 0.15) is 31.4 Å². The number of amides is 2. The van der Waals surface area contributed by atoms with Gasteiger partial charge < -0.3 is 16.4 Å². The van der Waals surface area contributed by atoms with Gasteiger partial charge in [-0.1, -0.05) is 38.5 Å². The van der Waals surface area contributed by atoms with E-state index in [9.17, 15) is 9.59 Å². The van der Waals surface area contributed by atoms with Gasteiger partial charge in [-0.05, 0) is 30.9 Å². The van der Waals surface area contributed by atoms with Crippen molar-refractivity contribution in [1.29, 1.82) is 0 Å². The highest BCUT2D eigenvalue weighted by atomic mass is 16.2. The highest BCUT2D eigenvalue weighted by Gasteiger charge is 2.23. The van der Waals surface area contributed by atoms with Crippen LogP contribution in [0.5, 0.6) is 0 Å². The highest BCUT2D eigenvalue weighted by molar-refractivity contribution is 5.88. The number of hydrogen-bond donors (Lipinski definition) is 3. The molecular weight excluding hydrogens is 266 g/mol. The zero-order valence-electron chi connectivity index (χ0n) is 13.2. The molecule has 5 nitrogen and oxygen atoms in total. The monoisotopic (exact) mass is 291 g/mol. The minimum absolute atomic E-state index is 0.0200. The predicted molar refractivity (Wildman–Crippen MR) is 85.0 cm³/mol. The number of rotatable bonds is 7. The summed E-state index contributed by atoms with van der Waals surface area (Å²) in [6.45, 7) is 7.94. The molecule has 1 aromatic rings. The summed E-state index contributed by atoms with van der Waals surface area (Å²) in [6.07, 6.45) is 0.776. The Bertz CT molecular complexity index is 494. The van der Waals surface area contributed by atoms with E-state index in [1.165, 1.54) is 0 Å². The molecule has 21 heavy (non-hydrogen) atoms. The normalized spacial score (nSPS) is 13.3. The molecule has 116 valence electrons. The number of nitrogens with two attached hydrogens (primary N) is 1. The van der Waals surface area contributed by atoms with Gasteiger partial charge in [0.15, 0.2) is 0 Å². The van der Waals surface area contributed by atoms with Crippen molar-refractivity contribution in [2.24, 2.45) is 11.7 Å². The molecule has 0 saturated heterocycles. The zero-order chi connectivity index (χ0) is 16.0. The van der Waals surface area contributed by atoms with Gasteiger partial charge in [-0.2, -0.15) is 0 Å². The standard InChI is InChI=1S/C16H25N3O2/c1-5-10(2)15(16(17)21)19-13(20)9-18-14-11(3)7-6-8-12(14)4/h6-8,10,15,18H,5,9H2,1-4H3,(H2,17,21)(H,19,20). The van der Waals surface area contributed by atoms with Crippen molar-refractivity contribution in [3.63, 3.8) is 0 Å². The van der Waals surface area contributed by atoms with Gasteiger partial charge in [-0.3, -0.25) is 9.59 Å². The van der Waals surface area contributed by atoms with Gasteiger partial charge in [0, 0.05) is 5.69 Å². The summed E-state index contributed by atoms with van der Waals surface area (Å²) >= 11 is 0. The Morgan fingerprint density at radius 3 is 2.29 bits per heavy atom. The Labute approximate surface area is 126 Å². The number of carbonyl (C=O) groups is 2. The number of benzene rings is 1. The molecule has 0 bridgehead atoms. The first-order chi connectivity index (χ1) is 9.86. The average Bonchev–Trinajstić information content (AvgIpc) is 2.43. The Morgan fingerprint density at radius 1 is 1.24 bits per heavy atom. The number of anilines is 1. The Balaban J connectivity index is 2.63. The molecule has 0 spiro atoms. The fourth-order valence-corrected chi connectivity index (χ4v) is 2.22. The van der Waals surface area contributed by atoms with E-state index in [0.29, 0.717) is 0 Å². The second kappa shape index (κ2) is 7.67. The van der Waals surface area contributed by atoms with Crippen molar-refractivity contribution in [1.82, 2.24) is 5.32 Å². The van der Waals surface area contributed by atoms with Gasteiger partial charge in [-0.15, -0.1) is 0 Å². The first kappa shape index (κ1) is 17.0. The molecule has 0 aliphatic heterocycles. The molecule has 1 rings (SSSR count). The number of para-hydroxylation sites is 1. The molecule has 2 atom stereocenters. The summed E-state index contributed by atoms with van der Waals surface area (Å²) in [5.74, 6) is -0.710. The maximum Gasteiger partial charge on any atom is 0.240 e. The molecule has 0 fully saturated rings. The number of nitrogens with one attached hydrogen (secondary N) is 2. The third-order valence-electron chi connectivity index (χ3n) is 3.74. The van der Waals surface area contributed by atoms with Crippen LogP contribution in [0, 0.1) is 19.8 Å². The van der Waals surface area contributed by atoms with Crippen LogP contribution in [-0.2, 0) is 9.59 Å². The Hall–Kier alpha value is -2.04. The lowest BCUT2D eigenvalue weighted by molar-refractivity contribution is -0.127. The Morgan fingerprint density at radius 2 is 1.81 bits per heavy atom. The molecule has 0 heterocycles. The fourth-order valence-electron chi connectivity index (χ4n) is 2.22. The third-order valence-corrected chi connectivity index (χ3v) is 3.74. The van der Waals surface area contributed by atoms with Crippen molar-refractivity contribution in [3.05, 3.63) is 29.3 Å².